The zero-order valence-corrected chi connectivity index (χ0v) is 15.2. The molecule has 0 aliphatic carbocycles. The molecule has 0 spiro atoms. The molecule has 134 valence electrons. The van der Waals surface area contributed by atoms with Crippen LogP contribution < -0.4 is 15.5 Å². The van der Waals surface area contributed by atoms with Crippen LogP contribution in [-0.2, 0) is 0 Å². The van der Waals surface area contributed by atoms with Crippen molar-refractivity contribution in [3.63, 3.8) is 0 Å². The molecule has 0 saturated carbocycles. The predicted molar refractivity (Wildman–Crippen MR) is 103 cm³/mol. The zero-order valence-electron chi connectivity index (χ0n) is 13.6. The number of nitrogens with zero attached hydrogens (tertiary/aromatic N) is 3. The van der Waals surface area contributed by atoms with E-state index in [0.29, 0.717) is 16.9 Å². The van der Waals surface area contributed by atoms with Gasteiger partial charge in [0, 0.05) is 18.8 Å². The second kappa shape index (κ2) is 7.05. The van der Waals surface area contributed by atoms with Crippen molar-refractivity contribution < 1.29 is 9.18 Å². The largest absolute Gasteiger partial charge is 0.370 e. The number of carbonyl (C=O) groups is 1. The molecule has 1 fully saturated rings. The highest BCUT2D eigenvalue weighted by Crippen LogP contribution is 2.35. The molecule has 26 heavy (non-hydrogen) atoms. The number of benzene rings is 2. The van der Waals surface area contributed by atoms with E-state index in [1.165, 1.54) is 18.2 Å². The van der Waals surface area contributed by atoms with Crippen molar-refractivity contribution in [1.29, 1.82) is 0 Å². The van der Waals surface area contributed by atoms with E-state index in [0.717, 1.165) is 48.9 Å². The van der Waals surface area contributed by atoms with E-state index in [1.54, 1.807) is 0 Å². The summed E-state index contributed by atoms with van der Waals surface area (Å²) < 4.78 is 21.8. The molecule has 0 atom stereocenters. The third kappa shape index (κ3) is 3.30. The van der Waals surface area contributed by atoms with Gasteiger partial charge in [-0.05, 0) is 43.2 Å². The van der Waals surface area contributed by atoms with E-state index in [9.17, 15) is 9.18 Å². The van der Waals surface area contributed by atoms with Gasteiger partial charge in [0.05, 0.1) is 28.1 Å². The molecule has 0 radical (unpaired) electrons. The second-order valence-corrected chi connectivity index (χ2v) is 6.93. The molecule has 9 heteroatoms. The van der Waals surface area contributed by atoms with Crippen LogP contribution in [0.15, 0.2) is 30.3 Å². The van der Waals surface area contributed by atoms with Gasteiger partial charge in [-0.25, -0.2) is 9.18 Å². The molecule has 1 saturated heterocycles. The molecule has 1 aliphatic rings. The Kier molecular flexibility index (Phi) is 4.60. The minimum absolute atomic E-state index is 0.0497. The summed E-state index contributed by atoms with van der Waals surface area (Å²) in [5, 5.41) is 5.49. The predicted octanol–water partition coefficient (Wildman–Crippen LogP) is 4.73. The third-order valence-electron chi connectivity index (χ3n) is 4.27. The molecule has 2 N–H and O–H groups in total. The summed E-state index contributed by atoms with van der Waals surface area (Å²) in [7, 11) is 0. The Labute approximate surface area is 158 Å². The first-order valence-corrected chi connectivity index (χ1v) is 9.26. The van der Waals surface area contributed by atoms with Gasteiger partial charge in [0.2, 0.25) is 0 Å². The molecule has 2 aromatic carbocycles. The summed E-state index contributed by atoms with van der Waals surface area (Å²) in [4.78, 5) is 14.7. The lowest BCUT2D eigenvalue weighted by Crippen LogP contribution is -2.24. The van der Waals surface area contributed by atoms with Crippen molar-refractivity contribution in [2.75, 3.05) is 28.6 Å². The van der Waals surface area contributed by atoms with Gasteiger partial charge in [-0.3, -0.25) is 0 Å². The van der Waals surface area contributed by atoms with Gasteiger partial charge in [-0.1, -0.05) is 11.6 Å². The fraction of sp³-hybridized carbons (Fsp3) is 0.235. The Morgan fingerprint density at radius 2 is 1.96 bits per heavy atom. The lowest BCUT2D eigenvalue weighted by atomic mass is 10.2. The van der Waals surface area contributed by atoms with Crippen LogP contribution in [0.2, 0.25) is 5.02 Å². The molecule has 0 unspecified atom stereocenters. The molecule has 2 amide bonds. The molecule has 1 aromatic heterocycles. The molecular formula is C17H15ClFN5OS. The summed E-state index contributed by atoms with van der Waals surface area (Å²) in [5.41, 5.74) is 3.35. The highest BCUT2D eigenvalue weighted by atomic mass is 35.5. The van der Waals surface area contributed by atoms with Crippen LogP contribution in [0.4, 0.5) is 26.2 Å². The number of hydrogen-bond acceptors (Lipinski definition) is 5. The summed E-state index contributed by atoms with van der Waals surface area (Å²) in [6, 6.07) is 7.44. The van der Waals surface area contributed by atoms with Gasteiger partial charge < -0.3 is 15.5 Å². The third-order valence-corrected chi connectivity index (χ3v) is 5.10. The summed E-state index contributed by atoms with van der Waals surface area (Å²) in [6.45, 7) is 1.87. The molecule has 6 nitrogen and oxygen atoms in total. The zero-order chi connectivity index (χ0) is 18.1. The van der Waals surface area contributed by atoms with Crippen LogP contribution in [-0.4, -0.2) is 27.9 Å². The van der Waals surface area contributed by atoms with Crippen molar-refractivity contribution in [2.45, 2.75) is 12.8 Å². The van der Waals surface area contributed by atoms with Gasteiger partial charge in [-0.2, -0.15) is 8.75 Å². The number of amides is 2. The number of nitrogens with one attached hydrogen (secondary N) is 2. The minimum atomic E-state index is -0.535. The van der Waals surface area contributed by atoms with Crippen LogP contribution in [0.1, 0.15) is 12.8 Å². The number of urea groups is 1. The highest BCUT2D eigenvalue weighted by Gasteiger charge is 2.21. The fourth-order valence-corrected chi connectivity index (χ4v) is 3.76. The number of fused-ring (bicyclic) bond motifs is 1. The number of halogens is 2. The van der Waals surface area contributed by atoms with E-state index >= 15 is 0 Å². The van der Waals surface area contributed by atoms with Crippen LogP contribution in [0.25, 0.3) is 11.0 Å². The maximum absolute atomic E-state index is 13.3. The first kappa shape index (κ1) is 17.0. The van der Waals surface area contributed by atoms with Gasteiger partial charge in [0.25, 0.3) is 0 Å². The van der Waals surface area contributed by atoms with E-state index < -0.39 is 11.8 Å². The van der Waals surface area contributed by atoms with Gasteiger partial charge in [0.1, 0.15) is 16.9 Å². The average molecular weight is 392 g/mol. The monoisotopic (exact) mass is 391 g/mol. The maximum Gasteiger partial charge on any atom is 0.323 e. The normalized spacial score (nSPS) is 14.0. The number of carbonyl (C=O) groups excluding carboxylic acids is 1. The van der Waals surface area contributed by atoms with Crippen LogP contribution in [0.3, 0.4) is 0 Å². The molecule has 1 aliphatic heterocycles. The Bertz CT molecular complexity index is 973. The maximum atomic E-state index is 13.3. The number of anilines is 3. The van der Waals surface area contributed by atoms with E-state index in [1.807, 2.05) is 12.1 Å². The first-order valence-electron chi connectivity index (χ1n) is 8.15. The van der Waals surface area contributed by atoms with E-state index in [4.69, 9.17) is 11.6 Å². The van der Waals surface area contributed by atoms with Crippen LogP contribution in [0.5, 0.6) is 0 Å². The Morgan fingerprint density at radius 3 is 2.73 bits per heavy atom. The standard InChI is InChI=1S/C17H15ClFN5OS/c18-11-9-10(3-4-12(11)19)20-17(25)21-16-14(24-7-1-2-8-24)6-5-13-15(16)23-26-22-13/h3-6,9H,1-2,7-8H2,(H2,20,21,25). The van der Waals surface area contributed by atoms with Crippen LogP contribution in [0, 0.1) is 5.82 Å². The SMILES string of the molecule is O=C(Nc1ccc(F)c(Cl)c1)Nc1c(N2CCCC2)ccc2nsnc12. The summed E-state index contributed by atoms with van der Waals surface area (Å²) in [5.74, 6) is -0.535. The van der Waals surface area contributed by atoms with Crippen molar-refractivity contribution in [1.82, 2.24) is 8.75 Å². The van der Waals surface area contributed by atoms with E-state index in [2.05, 4.69) is 24.3 Å². The molecular weight excluding hydrogens is 377 g/mol. The van der Waals surface area contributed by atoms with Gasteiger partial charge in [0.15, 0.2) is 0 Å². The van der Waals surface area contributed by atoms with Gasteiger partial charge in [-0.15, -0.1) is 0 Å². The Balaban J connectivity index is 1.62. The van der Waals surface area contributed by atoms with Crippen molar-refractivity contribution in [3.8, 4) is 0 Å². The fourth-order valence-electron chi connectivity index (χ4n) is 3.04. The van der Waals surface area contributed by atoms with E-state index in [-0.39, 0.29) is 5.02 Å². The number of hydrogen-bond donors (Lipinski definition) is 2. The summed E-state index contributed by atoms with van der Waals surface area (Å²) in [6.07, 6.45) is 2.24. The number of rotatable bonds is 3. The second-order valence-electron chi connectivity index (χ2n) is 5.99. The quantitative estimate of drug-likeness (QED) is 0.677. The first-order chi connectivity index (χ1) is 12.6. The Hall–Kier alpha value is -2.45. The van der Waals surface area contributed by atoms with Crippen LogP contribution >= 0.6 is 23.3 Å². The lowest BCUT2D eigenvalue weighted by Gasteiger charge is -2.21. The Morgan fingerprint density at radius 1 is 1.15 bits per heavy atom. The highest BCUT2D eigenvalue weighted by molar-refractivity contribution is 7.00. The van der Waals surface area contributed by atoms with Gasteiger partial charge >= 0.3 is 6.03 Å². The molecule has 0 bridgehead atoms. The molecule has 2 heterocycles. The summed E-state index contributed by atoms with van der Waals surface area (Å²) >= 11 is 6.87. The van der Waals surface area contributed by atoms with Crippen molar-refractivity contribution >= 4 is 57.5 Å². The topological polar surface area (TPSA) is 70.2 Å². The van der Waals surface area contributed by atoms with Crippen molar-refractivity contribution in [2.24, 2.45) is 0 Å². The smallest absolute Gasteiger partial charge is 0.323 e. The lowest BCUT2D eigenvalue weighted by molar-refractivity contribution is 0.262. The molecule has 4 rings (SSSR count). The molecule has 3 aromatic rings. The average Bonchev–Trinajstić information content (AvgIpc) is 3.29. The number of aromatic nitrogens is 2. The minimum Gasteiger partial charge on any atom is -0.370 e. The van der Waals surface area contributed by atoms with Crippen molar-refractivity contribution in [3.05, 3.63) is 41.2 Å².